The van der Waals surface area contributed by atoms with Gasteiger partial charge >= 0.3 is 0 Å². The van der Waals surface area contributed by atoms with E-state index in [0.717, 1.165) is 6.42 Å². The summed E-state index contributed by atoms with van der Waals surface area (Å²) in [7, 11) is 0. The molecule has 0 aromatic heterocycles. The van der Waals surface area contributed by atoms with E-state index in [1.807, 2.05) is 57.2 Å². The van der Waals surface area contributed by atoms with Crippen molar-refractivity contribution in [2.24, 2.45) is 0 Å². The van der Waals surface area contributed by atoms with Crippen LogP contribution in [-0.2, 0) is 9.53 Å². The molecule has 0 spiro atoms. The molecule has 78 valence electrons. The van der Waals surface area contributed by atoms with Crippen molar-refractivity contribution in [3.8, 4) is 0 Å². The highest BCUT2D eigenvalue weighted by molar-refractivity contribution is 5.38. The molecule has 0 aliphatic carbocycles. The molecule has 0 aliphatic heterocycles. The average molecular weight is 194 g/mol. The Bertz CT molecular complexity index is 203. The van der Waals surface area contributed by atoms with Gasteiger partial charge in [0.2, 0.25) is 0 Å². The zero-order valence-electron chi connectivity index (χ0n) is 9.07. The van der Waals surface area contributed by atoms with Gasteiger partial charge in [0.05, 0.1) is 0 Å². The van der Waals surface area contributed by atoms with Crippen molar-refractivity contribution in [2.75, 3.05) is 0 Å². The highest BCUT2D eigenvalue weighted by Crippen LogP contribution is 2.10. The van der Waals surface area contributed by atoms with Crippen molar-refractivity contribution in [1.82, 2.24) is 0 Å². The SMILES string of the molecule is CCC(C)(C)OC=O.c1ccccc1. The van der Waals surface area contributed by atoms with Gasteiger partial charge in [-0.25, -0.2) is 0 Å². The van der Waals surface area contributed by atoms with Gasteiger partial charge in [-0.15, -0.1) is 0 Å². The van der Waals surface area contributed by atoms with E-state index in [1.54, 1.807) is 0 Å². The molecule has 0 bridgehead atoms. The maximum absolute atomic E-state index is 9.76. The zero-order chi connectivity index (χ0) is 10.9. The minimum Gasteiger partial charge on any atom is -0.462 e. The lowest BCUT2D eigenvalue weighted by atomic mass is 10.1. The van der Waals surface area contributed by atoms with Gasteiger partial charge in [0.25, 0.3) is 6.47 Å². The molecule has 14 heavy (non-hydrogen) atoms. The highest BCUT2D eigenvalue weighted by atomic mass is 16.5. The largest absolute Gasteiger partial charge is 0.462 e. The number of carbonyl (C=O) groups excluding carboxylic acids is 1. The fraction of sp³-hybridized carbons (Fsp3) is 0.417. The van der Waals surface area contributed by atoms with Crippen LogP contribution in [0.3, 0.4) is 0 Å². The third kappa shape index (κ3) is 7.35. The predicted molar refractivity (Wildman–Crippen MR) is 58.0 cm³/mol. The molecule has 1 rings (SSSR count). The molecule has 0 heterocycles. The van der Waals surface area contributed by atoms with Crippen LogP contribution >= 0.6 is 0 Å². The standard InChI is InChI=1S/C6H12O2.C6H6/c1-4-6(2,3)8-5-7;1-2-4-6-5-3-1/h5H,4H2,1-3H3;1-6H. The molecular weight excluding hydrogens is 176 g/mol. The minimum absolute atomic E-state index is 0.276. The molecule has 1 aromatic carbocycles. The summed E-state index contributed by atoms with van der Waals surface area (Å²) in [6.07, 6.45) is 0.853. The second-order valence-electron chi connectivity index (χ2n) is 3.48. The van der Waals surface area contributed by atoms with E-state index < -0.39 is 0 Å². The summed E-state index contributed by atoms with van der Waals surface area (Å²) in [5, 5.41) is 0. The third-order valence-corrected chi connectivity index (χ3v) is 1.89. The van der Waals surface area contributed by atoms with Crippen LogP contribution in [0.2, 0.25) is 0 Å². The van der Waals surface area contributed by atoms with Crippen LogP contribution in [0.5, 0.6) is 0 Å². The van der Waals surface area contributed by atoms with Crippen LogP contribution in [0.15, 0.2) is 36.4 Å². The molecule has 0 N–H and O–H groups in total. The molecule has 2 nitrogen and oxygen atoms in total. The molecule has 0 radical (unpaired) electrons. The Morgan fingerprint density at radius 2 is 1.43 bits per heavy atom. The quantitative estimate of drug-likeness (QED) is 0.691. The zero-order valence-corrected chi connectivity index (χ0v) is 9.07. The molecule has 0 unspecified atom stereocenters. The molecule has 0 amide bonds. The minimum atomic E-state index is -0.276. The summed E-state index contributed by atoms with van der Waals surface area (Å²) in [5.41, 5.74) is -0.276. The van der Waals surface area contributed by atoms with E-state index >= 15 is 0 Å². The summed E-state index contributed by atoms with van der Waals surface area (Å²) in [6.45, 7) is 6.22. The highest BCUT2D eigenvalue weighted by Gasteiger charge is 2.13. The first-order valence-electron chi connectivity index (χ1n) is 4.74. The Hall–Kier alpha value is -1.31. The maximum Gasteiger partial charge on any atom is 0.293 e. The summed E-state index contributed by atoms with van der Waals surface area (Å²) in [6, 6.07) is 12.0. The van der Waals surface area contributed by atoms with Crippen molar-refractivity contribution in [1.29, 1.82) is 0 Å². The van der Waals surface area contributed by atoms with Gasteiger partial charge in [-0.05, 0) is 20.3 Å². The average Bonchev–Trinajstić information content (AvgIpc) is 2.21. The summed E-state index contributed by atoms with van der Waals surface area (Å²) in [4.78, 5) is 9.76. The van der Waals surface area contributed by atoms with Crippen LogP contribution in [0.25, 0.3) is 0 Å². The van der Waals surface area contributed by atoms with E-state index in [9.17, 15) is 4.79 Å². The monoisotopic (exact) mass is 194 g/mol. The lowest BCUT2D eigenvalue weighted by Crippen LogP contribution is -2.21. The molecule has 1 aromatic rings. The lowest BCUT2D eigenvalue weighted by molar-refractivity contribution is -0.140. The number of rotatable bonds is 3. The van der Waals surface area contributed by atoms with Crippen LogP contribution in [-0.4, -0.2) is 12.1 Å². The van der Waals surface area contributed by atoms with Gasteiger partial charge < -0.3 is 4.74 Å². The molecule has 0 aliphatic rings. The molecular formula is C12H18O2. The van der Waals surface area contributed by atoms with Crippen LogP contribution in [0.1, 0.15) is 27.2 Å². The van der Waals surface area contributed by atoms with Gasteiger partial charge in [-0.3, -0.25) is 4.79 Å². The molecule has 0 fully saturated rings. The fourth-order valence-corrected chi connectivity index (χ4v) is 0.598. The lowest BCUT2D eigenvalue weighted by Gasteiger charge is -2.19. The van der Waals surface area contributed by atoms with Crippen molar-refractivity contribution in [3.63, 3.8) is 0 Å². The first kappa shape index (κ1) is 12.7. The second-order valence-corrected chi connectivity index (χ2v) is 3.48. The van der Waals surface area contributed by atoms with E-state index in [4.69, 9.17) is 4.74 Å². The second kappa shape index (κ2) is 7.13. The first-order valence-corrected chi connectivity index (χ1v) is 4.74. The van der Waals surface area contributed by atoms with Crippen LogP contribution in [0.4, 0.5) is 0 Å². The van der Waals surface area contributed by atoms with Gasteiger partial charge in [0.15, 0.2) is 0 Å². The third-order valence-electron chi connectivity index (χ3n) is 1.89. The Morgan fingerprint density at radius 3 is 1.57 bits per heavy atom. The van der Waals surface area contributed by atoms with Crippen molar-refractivity contribution < 1.29 is 9.53 Å². The number of ether oxygens (including phenoxy) is 1. The van der Waals surface area contributed by atoms with E-state index in [1.165, 1.54) is 0 Å². The Kier molecular flexibility index (Phi) is 6.46. The smallest absolute Gasteiger partial charge is 0.293 e. The first-order chi connectivity index (χ1) is 6.62. The molecule has 0 saturated carbocycles. The van der Waals surface area contributed by atoms with Crippen LogP contribution < -0.4 is 0 Å². The molecule has 2 heteroatoms. The number of carbonyl (C=O) groups is 1. The Labute approximate surface area is 85.9 Å². The van der Waals surface area contributed by atoms with Gasteiger partial charge in [0, 0.05) is 0 Å². The van der Waals surface area contributed by atoms with E-state index in [0.29, 0.717) is 6.47 Å². The topological polar surface area (TPSA) is 26.3 Å². The Morgan fingerprint density at radius 1 is 1.07 bits per heavy atom. The van der Waals surface area contributed by atoms with Crippen molar-refractivity contribution in [3.05, 3.63) is 36.4 Å². The Balaban J connectivity index is 0.000000249. The summed E-state index contributed by atoms with van der Waals surface area (Å²) in [5.74, 6) is 0. The maximum atomic E-state index is 9.76. The summed E-state index contributed by atoms with van der Waals surface area (Å²) >= 11 is 0. The normalized spacial score (nSPS) is 9.64. The van der Waals surface area contributed by atoms with Gasteiger partial charge in [-0.2, -0.15) is 0 Å². The van der Waals surface area contributed by atoms with Crippen LogP contribution in [0, 0.1) is 0 Å². The number of benzene rings is 1. The van der Waals surface area contributed by atoms with E-state index in [2.05, 4.69) is 0 Å². The fourth-order valence-electron chi connectivity index (χ4n) is 0.598. The predicted octanol–water partition coefficient (Wildman–Crippen LogP) is 3.03. The molecule has 0 atom stereocenters. The molecule has 0 saturated heterocycles. The van der Waals surface area contributed by atoms with E-state index in [-0.39, 0.29) is 5.60 Å². The van der Waals surface area contributed by atoms with Gasteiger partial charge in [-0.1, -0.05) is 43.3 Å². The van der Waals surface area contributed by atoms with Gasteiger partial charge in [0.1, 0.15) is 5.60 Å². The number of hydrogen-bond acceptors (Lipinski definition) is 2. The van der Waals surface area contributed by atoms with Crippen molar-refractivity contribution >= 4 is 6.47 Å². The number of hydrogen-bond donors (Lipinski definition) is 0. The summed E-state index contributed by atoms with van der Waals surface area (Å²) < 4.78 is 4.70. The van der Waals surface area contributed by atoms with Crippen molar-refractivity contribution in [2.45, 2.75) is 32.8 Å².